The molecule has 1 aliphatic rings. The first-order valence-electron chi connectivity index (χ1n) is 6.49. The molecule has 0 aromatic carbocycles. The predicted molar refractivity (Wildman–Crippen MR) is 70.9 cm³/mol. The number of esters is 1. The highest BCUT2D eigenvalue weighted by molar-refractivity contribution is 5.72. The number of hydrogen-bond donors (Lipinski definition) is 0. The van der Waals surface area contributed by atoms with Crippen LogP contribution in [0.4, 0.5) is 0 Å². The molecule has 1 rings (SSSR count). The number of ether oxygens (including phenoxy) is 3. The molecule has 19 heavy (non-hydrogen) atoms. The van der Waals surface area contributed by atoms with Gasteiger partial charge in [-0.2, -0.15) is 0 Å². The van der Waals surface area contributed by atoms with Gasteiger partial charge < -0.3 is 14.2 Å². The number of carbonyl (C=O) groups is 1. The third kappa shape index (κ3) is 4.59. The third-order valence-electron chi connectivity index (χ3n) is 3.20. The Bertz CT molecular complexity index is 347. The van der Waals surface area contributed by atoms with Crippen molar-refractivity contribution < 1.29 is 19.0 Å². The van der Waals surface area contributed by atoms with Crippen molar-refractivity contribution >= 4 is 5.97 Å². The highest BCUT2D eigenvalue weighted by atomic mass is 16.7. The zero-order valence-electron chi connectivity index (χ0n) is 11.3. The Kier molecular flexibility index (Phi) is 6.42. The van der Waals surface area contributed by atoms with Crippen molar-refractivity contribution in [1.82, 2.24) is 0 Å². The lowest BCUT2D eigenvalue weighted by Crippen LogP contribution is -2.42. The normalized spacial score (nSPS) is 18.3. The Morgan fingerprint density at radius 2 is 1.74 bits per heavy atom. The van der Waals surface area contributed by atoms with Crippen LogP contribution >= 0.6 is 0 Å². The second-order valence-electron chi connectivity index (χ2n) is 4.42. The van der Waals surface area contributed by atoms with Crippen LogP contribution < -0.4 is 0 Å². The second-order valence-corrected chi connectivity index (χ2v) is 4.42. The van der Waals surface area contributed by atoms with Gasteiger partial charge in [0.1, 0.15) is 13.2 Å². The van der Waals surface area contributed by atoms with E-state index in [9.17, 15) is 4.79 Å². The first-order chi connectivity index (χ1) is 9.17. The molecular weight excluding hydrogens is 244 g/mol. The Morgan fingerprint density at radius 1 is 1.21 bits per heavy atom. The molecule has 0 aromatic heterocycles. The van der Waals surface area contributed by atoms with Gasteiger partial charge in [0.25, 0.3) is 0 Å². The summed E-state index contributed by atoms with van der Waals surface area (Å²) in [5, 5.41) is 0. The highest BCUT2D eigenvalue weighted by Crippen LogP contribution is 2.36. The first-order valence-corrected chi connectivity index (χ1v) is 6.49. The van der Waals surface area contributed by atoms with E-state index in [1.165, 1.54) is 0 Å². The van der Waals surface area contributed by atoms with Crippen LogP contribution in [0.2, 0.25) is 0 Å². The summed E-state index contributed by atoms with van der Waals surface area (Å²) in [7, 11) is 0. The smallest absolute Gasteiger partial charge is 0.308 e. The standard InChI is InChI=1S/C15H20O4/c1-4-11-18-15(19-12-5-2)9-7-13(8-10-15)14(16)17-6-3/h1-2,13H,6-12H2,3H3. The average molecular weight is 264 g/mol. The van der Waals surface area contributed by atoms with E-state index in [0.29, 0.717) is 32.3 Å². The number of hydrogen-bond acceptors (Lipinski definition) is 4. The van der Waals surface area contributed by atoms with Crippen molar-refractivity contribution in [2.24, 2.45) is 5.92 Å². The van der Waals surface area contributed by atoms with E-state index < -0.39 is 5.79 Å². The molecule has 0 saturated heterocycles. The SMILES string of the molecule is C#CCOC1(OCC#C)CCC(C(=O)OCC)CC1. The van der Waals surface area contributed by atoms with Crippen LogP contribution in [-0.2, 0) is 19.0 Å². The van der Waals surface area contributed by atoms with Gasteiger partial charge in [0.05, 0.1) is 12.5 Å². The van der Waals surface area contributed by atoms with Crippen molar-refractivity contribution in [3.63, 3.8) is 0 Å². The van der Waals surface area contributed by atoms with E-state index in [1.807, 2.05) is 0 Å². The average Bonchev–Trinajstić information content (AvgIpc) is 2.44. The molecule has 0 heterocycles. The largest absolute Gasteiger partial charge is 0.466 e. The van der Waals surface area contributed by atoms with Crippen molar-refractivity contribution in [3.05, 3.63) is 0 Å². The van der Waals surface area contributed by atoms with Gasteiger partial charge in [-0.15, -0.1) is 12.8 Å². The molecule has 0 atom stereocenters. The maximum atomic E-state index is 11.7. The molecule has 0 amide bonds. The lowest BCUT2D eigenvalue weighted by molar-refractivity contribution is -0.243. The minimum absolute atomic E-state index is 0.0862. The Morgan fingerprint density at radius 3 is 2.16 bits per heavy atom. The lowest BCUT2D eigenvalue weighted by Gasteiger charge is -2.38. The van der Waals surface area contributed by atoms with E-state index in [4.69, 9.17) is 27.1 Å². The highest BCUT2D eigenvalue weighted by Gasteiger charge is 2.39. The zero-order chi connectivity index (χ0) is 14.1. The van der Waals surface area contributed by atoms with Crippen LogP contribution in [0, 0.1) is 30.6 Å². The van der Waals surface area contributed by atoms with Crippen molar-refractivity contribution in [2.45, 2.75) is 38.4 Å². The molecule has 0 N–H and O–H groups in total. The van der Waals surface area contributed by atoms with Crippen molar-refractivity contribution in [3.8, 4) is 24.7 Å². The van der Waals surface area contributed by atoms with Gasteiger partial charge in [-0.3, -0.25) is 4.79 Å². The fourth-order valence-electron chi connectivity index (χ4n) is 2.23. The van der Waals surface area contributed by atoms with Crippen LogP contribution in [0.25, 0.3) is 0 Å². The molecule has 0 aliphatic heterocycles. The number of terminal acetylenes is 2. The van der Waals surface area contributed by atoms with Gasteiger partial charge in [-0.05, 0) is 19.8 Å². The summed E-state index contributed by atoms with van der Waals surface area (Å²) in [5.74, 6) is 3.87. The summed E-state index contributed by atoms with van der Waals surface area (Å²) in [5.41, 5.74) is 0. The quantitative estimate of drug-likeness (QED) is 0.416. The maximum Gasteiger partial charge on any atom is 0.308 e. The van der Waals surface area contributed by atoms with E-state index in [2.05, 4.69) is 11.8 Å². The molecule has 0 spiro atoms. The molecule has 1 fully saturated rings. The molecule has 1 saturated carbocycles. The molecular formula is C15H20O4. The minimum atomic E-state index is -0.748. The molecule has 0 bridgehead atoms. The molecule has 4 nitrogen and oxygen atoms in total. The van der Waals surface area contributed by atoms with Gasteiger partial charge in [-0.1, -0.05) is 11.8 Å². The monoisotopic (exact) mass is 264 g/mol. The summed E-state index contributed by atoms with van der Waals surface area (Å²) in [6.45, 7) is 2.56. The molecule has 104 valence electrons. The lowest BCUT2D eigenvalue weighted by atomic mass is 9.85. The molecule has 0 radical (unpaired) electrons. The number of carbonyl (C=O) groups excluding carboxylic acids is 1. The van der Waals surface area contributed by atoms with E-state index in [0.717, 1.165) is 0 Å². The Labute approximate surface area is 114 Å². The Hall–Kier alpha value is -1.49. The molecule has 0 unspecified atom stereocenters. The van der Waals surface area contributed by atoms with Crippen LogP contribution in [0.1, 0.15) is 32.6 Å². The summed E-state index contributed by atoms with van der Waals surface area (Å²) < 4.78 is 16.2. The summed E-state index contributed by atoms with van der Waals surface area (Å²) in [6.07, 6.45) is 12.9. The van der Waals surface area contributed by atoms with Crippen molar-refractivity contribution in [2.75, 3.05) is 19.8 Å². The van der Waals surface area contributed by atoms with E-state index >= 15 is 0 Å². The zero-order valence-corrected chi connectivity index (χ0v) is 11.3. The fraction of sp³-hybridized carbons (Fsp3) is 0.667. The summed E-state index contributed by atoms with van der Waals surface area (Å²) >= 11 is 0. The van der Waals surface area contributed by atoms with Crippen LogP contribution in [0.5, 0.6) is 0 Å². The van der Waals surface area contributed by atoms with Crippen molar-refractivity contribution in [1.29, 1.82) is 0 Å². The summed E-state index contributed by atoms with van der Waals surface area (Å²) in [6, 6.07) is 0. The van der Waals surface area contributed by atoms with Gasteiger partial charge in [0, 0.05) is 12.8 Å². The van der Waals surface area contributed by atoms with Gasteiger partial charge >= 0.3 is 5.97 Å². The van der Waals surface area contributed by atoms with Gasteiger partial charge in [0.2, 0.25) is 0 Å². The maximum absolute atomic E-state index is 11.7. The first kappa shape index (κ1) is 15.6. The molecule has 1 aliphatic carbocycles. The fourth-order valence-corrected chi connectivity index (χ4v) is 2.23. The van der Waals surface area contributed by atoms with Crippen LogP contribution in [-0.4, -0.2) is 31.6 Å². The Balaban J connectivity index is 2.56. The second kappa shape index (κ2) is 7.84. The predicted octanol–water partition coefficient (Wildman–Crippen LogP) is 1.74. The van der Waals surface area contributed by atoms with Crippen LogP contribution in [0.15, 0.2) is 0 Å². The summed E-state index contributed by atoms with van der Waals surface area (Å²) in [4.78, 5) is 11.7. The van der Waals surface area contributed by atoms with E-state index in [-0.39, 0.29) is 25.1 Å². The third-order valence-corrected chi connectivity index (χ3v) is 3.20. The number of rotatable bonds is 6. The minimum Gasteiger partial charge on any atom is -0.466 e. The van der Waals surface area contributed by atoms with Crippen LogP contribution in [0.3, 0.4) is 0 Å². The van der Waals surface area contributed by atoms with Gasteiger partial charge in [0.15, 0.2) is 5.79 Å². The molecule has 4 heteroatoms. The molecule has 0 aromatic rings. The van der Waals surface area contributed by atoms with E-state index in [1.54, 1.807) is 6.92 Å². The topological polar surface area (TPSA) is 44.8 Å². The van der Waals surface area contributed by atoms with Gasteiger partial charge in [-0.25, -0.2) is 0 Å².